The summed E-state index contributed by atoms with van der Waals surface area (Å²) in [5.41, 5.74) is 2.19. The smallest absolute Gasteiger partial charge is 0.257 e. The van der Waals surface area contributed by atoms with Crippen molar-refractivity contribution in [2.45, 2.75) is 18.6 Å². The molecule has 6 heteroatoms. The summed E-state index contributed by atoms with van der Waals surface area (Å²) in [4.78, 5) is 16.5. The topological polar surface area (TPSA) is 64.4 Å². The van der Waals surface area contributed by atoms with Crippen LogP contribution in [0.2, 0.25) is 0 Å². The number of para-hydroxylation sites is 4. The zero-order valence-electron chi connectivity index (χ0n) is 13.3. The molecule has 1 heterocycles. The summed E-state index contributed by atoms with van der Waals surface area (Å²) in [6.07, 6.45) is 0.913. The lowest BCUT2D eigenvalue weighted by atomic mass is 10.3. The number of thioether (sulfide) groups is 1. The van der Waals surface area contributed by atoms with E-state index in [1.807, 2.05) is 55.5 Å². The Morgan fingerprint density at radius 2 is 2.00 bits per heavy atom. The van der Waals surface area contributed by atoms with Crippen LogP contribution >= 0.6 is 11.8 Å². The molecule has 0 saturated carbocycles. The first kappa shape index (κ1) is 16.4. The molecule has 1 N–H and O–H groups in total. The third-order valence-corrected chi connectivity index (χ3v) is 4.05. The van der Waals surface area contributed by atoms with Crippen LogP contribution in [0, 0.1) is 0 Å². The van der Waals surface area contributed by atoms with Gasteiger partial charge in [0.1, 0.15) is 11.3 Å². The van der Waals surface area contributed by atoms with Gasteiger partial charge in [0.2, 0.25) is 5.91 Å². The standard InChI is InChI=1S/C18H18N2O3S/c1-2-11-22-15-9-5-3-7-13(15)19-17(21)12-24-18-20-14-8-4-6-10-16(14)23-18/h3-10H,2,11-12H2,1H3,(H,19,21). The van der Waals surface area contributed by atoms with E-state index >= 15 is 0 Å². The largest absolute Gasteiger partial charge is 0.491 e. The highest BCUT2D eigenvalue weighted by atomic mass is 32.2. The van der Waals surface area contributed by atoms with Gasteiger partial charge in [-0.2, -0.15) is 0 Å². The van der Waals surface area contributed by atoms with Crippen LogP contribution in [0.3, 0.4) is 0 Å². The number of hydrogen-bond acceptors (Lipinski definition) is 5. The van der Waals surface area contributed by atoms with Crippen molar-refractivity contribution in [1.29, 1.82) is 0 Å². The number of anilines is 1. The molecule has 124 valence electrons. The average molecular weight is 342 g/mol. The van der Waals surface area contributed by atoms with Crippen LogP contribution in [-0.4, -0.2) is 23.3 Å². The SMILES string of the molecule is CCCOc1ccccc1NC(=O)CSc1nc2ccccc2o1. The minimum Gasteiger partial charge on any atom is -0.491 e. The minimum atomic E-state index is -0.130. The van der Waals surface area contributed by atoms with E-state index < -0.39 is 0 Å². The maximum absolute atomic E-state index is 12.2. The van der Waals surface area contributed by atoms with Crippen molar-refractivity contribution in [3.8, 4) is 5.75 Å². The van der Waals surface area contributed by atoms with Crippen molar-refractivity contribution >= 4 is 34.5 Å². The van der Waals surface area contributed by atoms with Crippen LogP contribution < -0.4 is 10.1 Å². The Morgan fingerprint density at radius 1 is 1.21 bits per heavy atom. The number of nitrogens with zero attached hydrogens (tertiary/aromatic N) is 1. The highest BCUT2D eigenvalue weighted by Gasteiger charge is 2.11. The first-order valence-electron chi connectivity index (χ1n) is 7.76. The Morgan fingerprint density at radius 3 is 2.83 bits per heavy atom. The summed E-state index contributed by atoms with van der Waals surface area (Å²) in [5, 5.41) is 3.36. The van der Waals surface area contributed by atoms with E-state index in [1.165, 1.54) is 11.8 Å². The van der Waals surface area contributed by atoms with Crippen LogP contribution in [0.5, 0.6) is 5.75 Å². The summed E-state index contributed by atoms with van der Waals surface area (Å²) in [6.45, 7) is 2.66. The maximum Gasteiger partial charge on any atom is 0.257 e. The van der Waals surface area contributed by atoms with E-state index in [9.17, 15) is 4.79 Å². The molecule has 0 spiro atoms. The molecule has 2 aromatic carbocycles. The fraction of sp³-hybridized carbons (Fsp3) is 0.222. The van der Waals surface area contributed by atoms with Gasteiger partial charge in [0.05, 0.1) is 18.0 Å². The number of aromatic nitrogens is 1. The zero-order valence-corrected chi connectivity index (χ0v) is 14.1. The third kappa shape index (κ3) is 4.08. The second-order valence-electron chi connectivity index (χ2n) is 5.13. The normalized spacial score (nSPS) is 10.7. The number of hydrogen-bond donors (Lipinski definition) is 1. The van der Waals surface area contributed by atoms with Gasteiger partial charge in [-0.3, -0.25) is 4.79 Å². The van der Waals surface area contributed by atoms with E-state index in [-0.39, 0.29) is 11.7 Å². The van der Waals surface area contributed by atoms with Gasteiger partial charge in [-0.15, -0.1) is 0 Å². The molecule has 3 rings (SSSR count). The van der Waals surface area contributed by atoms with Crippen LogP contribution in [0.15, 0.2) is 58.2 Å². The highest BCUT2D eigenvalue weighted by Crippen LogP contribution is 2.26. The molecule has 0 aliphatic heterocycles. The van der Waals surface area contributed by atoms with Crippen molar-refractivity contribution in [3.63, 3.8) is 0 Å². The Balaban J connectivity index is 1.59. The van der Waals surface area contributed by atoms with Crippen molar-refractivity contribution in [3.05, 3.63) is 48.5 Å². The Labute approximate surface area is 144 Å². The minimum absolute atomic E-state index is 0.130. The molecule has 5 nitrogen and oxygen atoms in total. The molecule has 24 heavy (non-hydrogen) atoms. The Kier molecular flexibility index (Phi) is 5.38. The monoisotopic (exact) mass is 342 g/mol. The molecule has 0 aliphatic carbocycles. The van der Waals surface area contributed by atoms with E-state index in [2.05, 4.69) is 10.3 Å². The van der Waals surface area contributed by atoms with Crippen LogP contribution in [0.1, 0.15) is 13.3 Å². The molecule has 3 aromatic rings. The van der Waals surface area contributed by atoms with Gasteiger partial charge in [0, 0.05) is 0 Å². The second-order valence-corrected chi connectivity index (χ2v) is 6.06. The third-order valence-electron chi connectivity index (χ3n) is 3.22. The summed E-state index contributed by atoms with van der Waals surface area (Å²) < 4.78 is 11.2. The van der Waals surface area contributed by atoms with Gasteiger partial charge in [-0.25, -0.2) is 4.98 Å². The van der Waals surface area contributed by atoms with Crippen molar-refractivity contribution in [2.75, 3.05) is 17.7 Å². The summed E-state index contributed by atoms with van der Waals surface area (Å²) >= 11 is 1.27. The molecule has 1 amide bonds. The lowest BCUT2D eigenvalue weighted by Gasteiger charge is -2.11. The Hall–Kier alpha value is -2.47. The van der Waals surface area contributed by atoms with Crippen molar-refractivity contribution < 1.29 is 13.9 Å². The summed E-state index contributed by atoms with van der Waals surface area (Å²) in [6, 6.07) is 14.9. The quantitative estimate of drug-likeness (QED) is 0.647. The highest BCUT2D eigenvalue weighted by molar-refractivity contribution is 7.99. The zero-order chi connectivity index (χ0) is 16.8. The fourth-order valence-electron chi connectivity index (χ4n) is 2.13. The average Bonchev–Trinajstić information content (AvgIpc) is 3.02. The molecule has 0 bridgehead atoms. The molecular weight excluding hydrogens is 324 g/mol. The predicted molar refractivity (Wildman–Crippen MR) is 95.6 cm³/mol. The predicted octanol–water partition coefficient (Wildman–Crippen LogP) is 4.35. The number of carbonyl (C=O) groups is 1. The fourth-order valence-corrected chi connectivity index (χ4v) is 2.77. The van der Waals surface area contributed by atoms with Crippen LogP contribution in [-0.2, 0) is 4.79 Å². The molecular formula is C18H18N2O3S. The van der Waals surface area contributed by atoms with Crippen molar-refractivity contribution in [2.24, 2.45) is 0 Å². The van der Waals surface area contributed by atoms with E-state index in [1.54, 1.807) is 0 Å². The van der Waals surface area contributed by atoms with E-state index in [0.717, 1.165) is 17.5 Å². The van der Waals surface area contributed by atoms with Gasteiger partial charge in [0.25, 0.3) is 5.22 Å². The summed E-state index contributed by atoms with van der Waals surface area (Å²) in [5.74, 6) is 0.768. The molecule has 0 atom stereocenters. The number of benzene rings is 2. The number of nitrogens with one attached hydrogen (secondary N) is 1. The number of fused-ring (bicyclic) bond motifs is 1. The Bertz CT molecular complexity index is 799. The molecule has 0 radical (unpaired) electrons. The molecule has 0 unspecified atom stereocenters. The van der Waals surface area contributed by atoms with E-state index in [4.69, 9.17) is 9.15 Å². The van der Waals surface area contributed by atoms with Gasteiger partial charge in [-0.05, 0) is 30.7 Å². The van der Waals surface area contributed by atoms with E-state index in [0.29, 0.717) is 23.3 Å². The van der Waals surface area contributed by atoms with Crippen LogP contribution in [0.25, 0.3) is 11.1 Å². The number of amides is 1. The van der Waals surface area contributed by atoms with Gasteiger partial charge >= 0.3 is 0 Å². The van der Waals surface area contributed by atoms with Gasteiger partial charge in [0.15, 0.2) is 5.58 Å². The number of rotatable bonds is 7. The van der Waals surface area contributed by atoms with Crippen molar-refractivity contribution in [1.82, 2.24) is 4.98 Å². The van der Waals surface area contributed by atoms with Crippen LogP contribution in [0.4, 0.5) is 5.69 Å². The number of carbonyl (C=O) groups excluding carboxylic acids is 1. The first-order chi connectivity index (χ1) is 11.8. The lowest BCUT2D eigenvalue weighted by Crippen LogP contribution is -2.15. The number of ether oxygens (including phenoxy) is 1. The molecule has 1 aromatic heterocycles. The van der Waals surface area contributed by atoms with Gasteiger partial charge < -0.3 is 14.5 Å². The summed E-state index contributed by atoms with van der Waals surface area (Å²) in [7, 11) is 0. The maximum atomic E-state index is 12.2. The molecule has 0 saturated heterocycles. The molecule has 0 fully saturated rings. The number of oxazole rings is 1. The first-order valence-corrected chi connectivity index (χ1v) is 8.75. The molecule has 0 aliphatic rings. The lowest BCUT2D eigenvalue weighted by molar-refractivity contribution is -0.113. The van der Waals surface area contributed by atoms with Gasteiger partial charge in [-0.1, -0.05) is 43.0 Å². The second kappa shape index (κ2) is 7.88.